The maximum atomic E-state index is 13.8. The standard InChI is InChI=1S/C22H26FN5O2/c1-14-7-8-15(11-16(14)23)24-21(29)25-17-12-19-20(27(3)22(30)26(19)2)13-18(17)28-9-5-4-6-10-28/h7-8,11-13H,4-6,9-10H2,1-3H3,(H2,24,25,29). The number of aromatic nitrogens is 2. The van der Waals surface area contributed by atoms with Crippen molar-refractivity contribution >= 4 is 34.1 Å². The van der Waals surface area contributed by atoms with Crippen molar-refractivity contribution in [2.75, 3.05) is 28.6 Å². The van der Waals surface area contributed by atoms with E-state index in [2.05, 4.69) is 15.5 Å². The number of hydrogen-bond acceptors (Lipinski definition) is 3. The molecular formula is C22H26FN5O2. The normalized spacial score (nSPS) is 14.2. The number of aryl methyl sites for hydroxylation is 3. The molecule has 1 fully saturated rings. The van der Waals surface area contributed by atoms with Crippen LogP contribution in [-0.4, -0.2) is 28.3 Å². The number of amides is 2. The molecule has 0 unspecified atom stereocenters. The summed E-state index contributed by atoms with van der Waals surface area (Å²) in [5.74, 6) is -0.373. The number of carbonyl (C=O) groups is 1. The zero-order valence-corrected chi connectivity index (χ0v) is 17.5. The number of anilines is 3. The minimum atomic E-state index is -0.461. The number of halogens is 1. The van der Waals surface area contributed by atoms with Gasteiger partial charge < -0.3 is 15.5 Å². The number of fused-ring (bicyclic) bond motifs is 1. The number of rotatable bonds is 3. The van der Waals surface area contributed by atoms with Gasteiger partial charge >= 0.3 is 11.7 Å². The lowest BCUT2D eigenvalue weighted by Crippen LogP contribution is -2.31. The SMILES string of the molecule is Cc1ccc(NC(=O)Nc2cc3c(cc2N2CCCCC2)n(C)c(=O)n3C)cc1F. The van der Waals surface area contributed by atoms with Crippen molar-refractivity contribution in [2.45, 2.75) is 26.2 Å². The Balaban J connectivity index is 1.70. The van der Waals surface area contributed by atoms with Gasteiger partial charge in [-0.25, -0.2) is 14.0 Å². The molecule has 0 radical (unpaired) electrons. The average molecular weight is 411 g/mol. The van der Waals surface area contributed by atoms with Crippen molar-refractivity contribution in [2.24, 2.45) is 14.1 Å². The molecule has 30 heavy (non-hydrogen) atoms. The van der Waals surface area contributed by atoms with Crippen LogP contribution in [-0.2, 0) is 14.1 Å². The molecular weight excluding hydrogens is 385 g/mol. The molecule has 0 spiro atoms. The predicted molar refractivity (Wildman–Crippen MR) is 118 cm³/mol. The lowest BCUT2D eigenvalue weighted by molar-refractivity contribution is 0.262. The van der Waals surface area contributed by atoms with Crippen molar-refractivity contribution in [1.29, 1.82) is 0 Å². The molecule has 7 nitrogen and oxygen atoms in total. The van der Waals surface area contributed by atoms with E-state index in [1.807, 2.05) is 12.1 Å². The van der Waals surface area contributed by atoms with E-state index in [9.17, 15) is 14.0 Å². The first-order valence-corrected chi connectivity index (χ1v) is 10.1. The molecule has 2 heterocycles. The summed E-state index contributed by atoms with van der Waals surface area (Å²) in [7, 11) is 3.46. The number of hydrogen-bond donors (Lipinski definition) is 2. The largest absolute Gasteiger partial charge is 0.370 e. The highest BCUT2D eigenvalue weighted by Gasteiger charge is 2.20. The number of nitrogens with one attached hydrogen (secondary N) is 2. The molecule has 158 valence electrons. The molecule has 2 N–H and O–H groups in total. The highest BCUT2D eigenvalue weighted by Crippen LogP contribution is 2.33. The molecule has 0 aliphatic carbocycles. The monoisotopic (exact) mass is 411 g/mol. The minimum Gasteiger partial charge on any atom is -0.370 e. The Morgan fingerprint density at radius 1 is 0.967 bits per heavy atom. The number of benzene rings is 2. The highest BCUT2D eigenvalue weighted by atomic mass is 19.1. The van der Waals surface area contributed by atoms with E-state index in [4.69, 9.17) is 0 Å². The van der Waals surface area contributed by atoms with Crippen LogP contribution >= 0.6 is 0 Å². The summed E-state index contributed by atoms with van der Waals surface area (Å²) in [5, 5.41) is 5.59. The van der Waals surface area contributed by atoms with E-state index in [0.29, 0.717) is 16.9 Å². The highest BCUT2D eigenvalue weighted by molar-refractivity contribution is 6.04. The van der Waals surface area contributed by atoms with Crippen LogP contribution < -0.4 is 21.2 Å². The molecule has 2 amide bonds. The van der Waals surface area contributed by atoms with Crippen molar-refractivity contribution < 1.29 is 9.18 Å². The van der Waals surface area contributed by atoms with E-state index in [-0.39, 0.29) is 11.5 Å². The van der Waals surface area contributed by atoms with Crippen LogP contribution in [0.5, 0.6) is 0 Å². The summed E-state index contributed by atoms with van der Waals surface area (Å²) in [6, 6.07) is 7.91. The van der Waals surface area contributed by atoms with Crippen molar-refractivity contribution in [3.63, 3.8) is 0 Å². The Kier molecular flexibility index (Phi) is 5.24. The average Bonchev–Trinajstić information content (AvgIpc) is 2.94. The Labute approximate surface area is 174 Å². The first-order valence-electron chi connectivity index (χ1n) is 10.1. The third-order valence-corrected chi connectivity index (χ3v) is 5.76. The zero-order chi connectivity index (χ0) is 21.4. The maximum Gasteiger partial charge on any atom is 0.328 e. The van der Waals surface area contributed by atoms with Gasteiger partial charge in [-0.2, -0.15) is 0 Å². The van der Waals surface area contributed by atoms with Crippen molar-refractivity contribution in [1.82, 2.24) is 9.13 Å². The van der Waals surface area contributed by atoms with Crippen LogP contribution in [0.2, 0.25) is 0 Å². The molecule has 1 aliphatic heterocycles. The lowest BCUT2D eigenvalue weighted by atomic mass is 10.1. The summed E-state index contributed by atoms with van der Waals surface area (Å²) in [6.45, 7) is 3.46. The number of imidazole rings is 1. The Morgan fingerprint density at radius 2 is 1.63 bits per heavy atom. The topological polar surface area (TPSA) is 71.3 Å². The summed E-state index contributed by atoms with van der Waals surface area (Å²) >= 11 is 0. The fourth-order valence-corrected chi connectivity index (χ4v) is 3.99. The second-order valence-electron chi connectivity index (χ2n) is 7.85. The summed E-state index contributed by atoms with van der Waals surface area (Å²) in [6.07, 6.45) is 3.35. The molecule has 8 heteroatoms. The van der Waals surface area contributed by atoms with Crippen LogP contribution in [0.1, 0.15) is 24.8 Å². The molecule has 1 aliphatic rings. The first kappa shape index (κ1) is 20.0. The van der Waals surface area contributed by atoms with E-state index in [1.54, 1.807) is 42.3 Å². The molecule has 2 aromatic carbocycles. The van der Waals surface area contributed by atoms with Gasteiger partial charge in [0, 0.05) is 32.9 Å². The van der Waals surface area contributed by atoms with E-state index in [0.717, 1.165) is 42.7 Å². The Morgan fingerprint density at radius 3 is 2.30 bits per heavy atom. The van der Waals surface area contributed by atoms with Gasteiger partial charge in [0.15, 0.2) is 0 Å². The fraction of sp³-hybridized carbons (Fsp3) is 0.364. The molecule has 4 rings (SSSR count). The Bertz CT molecular complexity index is 1170. The second kappa shape index (κ2) is 7.85. The van der Waals surface area contributed by atoms with Crippen LogP contribution in [0.25, 0.3) is 11.0 Å². The Hall–Kier alpha value is -3.29. The molecule has 1 saturated heterocycles. The van der Waals surface area contributed by atoms with Crippen LogP contribution in [0.4, 0.5) is 26.2 Å². The van der Waals surface area contributed by atoms with E-state index < -0.39 is 6.03 Å². The van der Waals surface area contributed by atoms with Gasteiger partial charge in [0.05, 0.1) is 22.4 Å². The van der Waals surface area contributed by atoms with Gasteiger partial charge in [-0.05, 0) is 56.0 Å². The third kappa shape index (κ3) is 3.65. The zero-order valence-electron chi connectivity index (χ0n) is 17.5. The molecule has 0 atom stereocenters. The lowest BCUT2D eigenvalue weighted by Gasteiger charge is -2.30. The van der Waals surface area contributed by atoms with Gasteiger partial charge in [0.2, 0.25) is 0 Å². The van der Waals surface area contributed by atoms with Gasteiger partial charge in [-0.1, -0.05) is 6.07 Å². The van der Waals surface area contributed by atoms with Gasteiger partial charge in [0.1, 0.15) is 5.82 Å². The summed E-state index contributed by atoms with van der Waals surface area (Å²) in [4.78, 5) is 27.3. The fourth-order valence-electron chi connectivity index (χ4n) is 3.99. The number of nitrogens with zero attached hydrogens (tertiary/aromatic N) is 3. The third-order valence-electron chi connectivity index (χ3n) is 5.76. The van der Waals surface area contributed by atoms with Gasteiger partial charge in [-0.15, -0.1) is 0 Å². The summed E-state index contributed by atoms with van der Waals surface area (Å²) < 4.78 is 17.0. The first-order chi connectivity index (χ1) is 14.3. The van der Waals surface area contributed by atoms with Crippen LogP contribution in [0, 0.1) is 12.7 Å². The smallest absolute Gasteiger partial charge is 0.328 e. The number of urea groups is 1. The maximum absolute atomic E-state index is 13.8. The molecule has 0 bridgehead atoms. The molecule has 3 aromatic rings. The quantitative estimate of drug-likeness (QED) is 0.685. The number of carbonyl (C=O) groups excluding carboxylic acids is 1. The van der Waals surface area contributed by atoms with Gasteiger partial charge in [0.25, 0.3) is 0 Å². The predicted octanol–water partition coefficient (Wildman–Crippen LogP) is 3.96. The van der Waals surface area contributed by atoms with Crippen molar-refractivity contribution in [3.05, 3.63) is 52.2 Å². The van der Waals surface area contributed by atoms with E-state index >= 15 is 0 Å². The second-order valence-corrected chi connectivity index (χ2v) is 7.85. The minimum absolute atomic E-state index is 0.119. The van der Waals surface area contributed by atoms with E-state index in [1.165, 1.54) is 12.5 Å². The van der Waals surface area contributed by atoms with Gasteiger partial charge in [-0.3, -0.25) is 9.13 Å². The molecule has 0 saturated carbocycles. The molecule has 1 aromatic heterocycles. The van der Waals surface area contributed by atoms with Crippen LogP contribution in [0.15, 0.2) is 35.1 Å². The van der Waals surface area contributed by atoms with Crippen molar-refractivity contribution in [3.8, 4) is 0 Å². The summed E-state index contributed by atoms with van der Waals surface area (Å²) in [5.41, 5.74) is 3.83. The van der Waals surface area contributed by atoms with Crippen LogP contribution in [0.3, 0.4) is 0 Å². The number of piperidine rings is 1.